The lowest BCUT2D eigenvalue weighted by Gasteiger charge is -2.32. The number of nitrogens with zero attached hydrogens (tertiary/aromatic N) is 3. The molecule has 1 aliphatic rings. The summed E-state index contributed by atoms with van der Waals surface area (Å²) < 4.78 is 5.57. The zero-order valence-corrected chi connectivity index (χ0v) is 16.7. The number of rotatable bonds is 6. The van der Waals surface area contributed by atoms with Gasteiger partial charge in [0, 0.05) is 42.4 Å². The number of likely N-dealkylation sites (tertiary alicyclic amines) is 1. The van der Waals surface area contributed by atoms with Gasteiger partial charge in [0.05, 0.1) is 18.7 Å². The monoisotopic (exact) mass is 387 g/mol. The van der Waals surface area contributed by atoms with E-state index in [2.05, 4.69) is 9.97 Å². The molecule has 0 bridgehead atoms. The quantitative estimate of drug-likeness (QED) is 0.753. The molecule has 1 aromatic heterocycles. The first kappa shape index (κ1) is 19.8. The molecule has 5 nitrogen and oxygen atoms in total. The van der Waals surface area contributed by atoms with Gasteiger partial charge in [0.25, 0.3) is 0 Å². The van der Waals surface area contributed by atoms with Gasteiger partial charge in [-0.25, -0.2) is 9.97 Å². The molecular formula is C21H26ClN3O2. The van der Waals surface area contributed by atoms with Crippen molar-refractivity contribution in [3.63, 3.8) is 0 Å². The van der Waals surface area contributed by atoms with E-state index in [4.69, 9.17) is 16.3 Å². The standard InChI is InChI=1S/C21H26ClN3O2/c1-3-27-14-18-13-23-15(2)24-21(18)17-8-10-25(11-9-17)20(26)12-16-4-6-19(22)7-5-16/h4-7,13,17H,3,8-12,14H2,1-2H3. The fraction of sp³-hybridized carbons (Fsp3) is 0.476. The Bertz CT molecular complexity index is 771. The Kier molecular flexibility index (Phi) is 6.80. The average Bonchev–Trinajstić information content (AvgIpc) is 2.69. The summed E-state index contributed by atoms with van der Waals surface area (Å²) in [5.41, 5.74) is 3.14. The van der Waals surface area contributed by atoms with Gasteiger partial charge in [0.1, 0.15) is 5.82 Å². The second-order valence-corrected chi connectivity index (χ2v) is 7.36. The summed E-state index contributed by atoms with van der Waals surface area (Å²) in [6.45, 7) is 6.63. The van der Waals surface area contributed by atoms with Crippen molar-refractivity contribution in [1.29, 1.82) is 0 Å². The second-order valence-electron chi connectivity index (χ2n) is 6.92. The van der Waals surface area contributed by atoms with E-state index in [0.29, 0.717) is 30.6 Å². The first-order valence-electron chi connectivity index (χ1n) is 9.49. The van der Waals surface area contributed by atoms with Gasteiger partial charge in [0.2, 0.25) is 5.91 Å². The summed E-state index contributed by atoms with van der Waals surface area (Å²) in [5, 5.41) is 0.690. The minimum absolute atomic E-state index is 0.171. The van der Waals surface area contributed by atoms with Crippen molar-refractivity contribution in [2.24, 2.45) is 0 Å². The summed E-state index contributed by atoms with van der Waals surface area (Å²) in [6.07, 6.45) is 4.14. The van der Waals surface area contributed by atoms with Crippen LogP contribution in [0.5, 0.6) is 0 Å². The van der Waals surface area contributed by atoms with Gasteiger partial charge in [-0.15, -0.1) is 0 Å². The van der Waals surface area contributed by atoms with Crippen LogP contribution < -0.4 is 0 Å². The molecule has 1 aromatic carbocycles. The van der Waals surface area contributed by atoms with Crippen molar-refractivity contribution in [2.45, 2.75) is 45.6 Å². The Labute approximate surface area is 165 Å². The summed E-state index contributed by atoms with van der Waals surface area (Å²) in [7, 11) is 0. The number of halogens is 1. The Morgan fingerprint density at radius 2 is 1.96 bits per heavy atom. The molecular weight excluding hydrogens is 362 g/mol. The van der Waals surface area contributed by atoms with Crippen LogP contribution in [0.25, 0.3) is 0 Å². The number of amides is 1. The van der Waals surface area contributed by atoms with Crippen LogP contribution in [0.2, 0.25) is 5.02 Å². The first-order valence-corrected chi connectivity index (χ1v) is 9.87. The van der Waals surface area contributed by atoms with Crippen LogP contribution in [-0.4, -0.2) is 40.5 Å². The van der Waals surface area contributed by atoms with Gasteiger partial charge in [-0.2, -0.15) is 0 Å². The molecule has 1 fully saturated rings. The number of carbonyl (C=O) groups excluding carboxylic acids is 1. The Balaban J connectivity index is 1.60. The Morgan fingerprint density at radius 1 is 1.26 bits per heavy atom. The number of piperidine rings is 1. The molecule has 0 radical (unpaired) electrons. The molecule has 0 spiro atoms. The van der Waals surface area contributed by atoms with Crippen molar-refractivity contribution in [3.8, 4) is 0 Å². The third-order valence-corrected chi connectivity index (χ3v) is 5.24. The number of aryl methyl sites for hydroxylation is 1. The maximum Gasteiger partial charge on any atom is 0.226 e. The van der Waals surface area contributed by atoms with Gasteiger partial charge in [-0.05, 0) is 44.4 Å². The second kappa shape index (κ2) is 9.29. The van der Waals surface area contributed by atoms with Gasteiger partial charge in [-0.1, -0.05) is 23.7 Å². The normalized spacial score (nSPS) is 15.1. The number of carbonyl (C=O) groups is 1. The lowest BCUT2D eigenvalue weighted by molar-refractivity contribution is -0.131. The summed E-state index contributed by atoms with van der Waals surface area (Å²) in [5.74, 6) is 1.30. The van der Waals surface area contributed by atoms with E-state index in [0.717, 1.165) is 48.6 Å². The minimum atomic E-state index is 0.171. The van der Waals surface area contributed by atoms with E-state index >= 15 is 0 Å². The predicted molar refractivity (Wildman–Crippen MR) is 106 cm³/mol. The molecule has 0 unspecified atom stereocenters. The molecule has 1 amide bonds. The zero-order chi connectivity index (χ0) is 19.2. The molecule has 0 N–H and O–H groups in total. The van der Waals surface area contributed by atoms with Crippen molar-refractivity contribution < 1.29 is 9.53 Å². The number of hydrogen-bond acceptors (Lipinski definition) is 4. The summed E-state index contributed by atoms with van der Waals surface area (Å²) in [6, 6.07) is 7.48. The molecule has 1 aliphatic heterocycles. The van der Waals surface area contributed by atoms with Crippen LogP contribution >= 0.6 is 11.6 Å². The zero-order valence-electron chi connectivity index (χ0n) is 15.9. The van der Waals surface area contributed by atoms with Crippen molar-refractivity contribution in [1.82, 2.24) is 14.9 Å². The molecule has 2 heterocycles. The van der Waals surface area contributed by atoms with Crippen molar-refractivity contribution >= 4 is 17.5 Å². The predicted octanol–water partition coefficient (Wildman–Crippen LogP) is 3.92. The largest absolute Gasteiger partial charge is 0.377 e. The third-order valence-electron chi connectivity index (χ3n) is 4.98. The first-order chi connectivity index (χ1) is 13.1. The maximum atomic E-state index is 12.6. The smallest absolute Gasteiger partial charge is 0.226 e. The average molecular weight is 388 g/mol. The van der Waals surface area contributed by atoms with Crippen LogP contribution in [-0.2, 0) is 22.6 Å². The molecule has 6 heteroatoms. The SMILES string of the molecule is CCOCc1cnc(C)nc1C1CCN(C(=O)Cc2ccc(Cl)cc2)CC1. The van der Waals surface area contributed by atoms with Crippen LogP contribution in [0.4, 0.5) is 0 Å². The number of hydrogen-bond donors (Lipinski definition) is 0. The summed E-state index contributed by atoms with van der Waals surface area (Å²) in [4.78, 5) is 23.6. The van der Waals surface area contributed by atoms with Crippen molar-refractivity contribution in [3.05, 3.63) is 58.1 Å². The van der Waals surface area contributed by atoms with E-state index in [1.165, 1.54) is 0 Å². The highest BCUT2D eigenvalue weighted by atomic mass is 35.5. The van der Waals surface area contributed by atoms with Gasteiger partial charge >= 0.3 is 0 Å². The van der Waals surface area contributed by atoms with Crippen molar-refractivity contribution in [2.75, 3.05) is 19.7 Å². The molecule has 27 heavy (non-hydrogen) atoms. The van der Waals surface area contributed by atoms with E-state index < -0.39 is 0 Å². The topological polar surface area (TPSA) is 55.3 Å². The lowest BCUT2D eigenvalue weighted by Crippen LogP contribution is -2.39. The Morgan fingerprint density at radius 3 is 2.63 bits per heavy atom. The van der Waals surface area contributed by atoms with E-state index in [1.807, 2.05) is 49.2 Å². The fourth-order valence-electron chi connectivity index (χ4n) is 3.48. The molecule has 1 saturated heterocycles. The van der Waals surface area contributed by atoms with Crippen LogP contribution in [0.3, 0.4) is 0 Å². The maximum absolute atomic E-state index is 12.6. The molecule has 0 saturated carbocycles. The highest BCUT2D eigenvalue weighted by molar-refractivity contribution is 6.30. The number of ether oxygens (including phenoxy) is 1. The molecule has 0 atom stereocenters. The van der Waals surface area contributed by atoms with Gasteiger partial charge in [0.15, 0.2) is 0 Å². The van der Waals surface area contributed by atoms with Gasteiger partial charge < -0.3 is 9.64 Å². The van der Waals surface area contributed by atoms with Gasteiger partial charge in [-0.3, -0.25) is 4.79 Å². The van der Waals surface area contributed by atoms with E-state index in [9.17, 15) is 4.79 Å². The Hall–Kier alpha value is -1.98. The van der Waals surface area contributed by atoms with E-state index in [-0.39, 0.29) is 5.91 Å². The molecule has 2 aromatic rings. The minimum Gasteiger partial charge on any atom is -0.377 e. The highest BCUT2D eigenvalue weighted by Gasteiger charge is 2.26. The van der Waals surface area contributed by atoms with Crippen LogP contribution in [0.1, 0.15) is 48.3 Å². The number of benzene rings is 1. The summed E-state index contributed by atoms with van der Waals surface area (Å²) >= 11 is 5.91. The van der Waals surface area contributed by atoms with Crippen LogP contribution in [0.15, 0.2) is 30.5 Å². The van der Waals surface area contributed by atoms with E-state index in [1.54, 1.807) is 0 Å². The molecule has 3 rings (SSSR count). The third kappa shape index (κ3) is 5.27. The molecule has 144 valence electrons. The lowest BCUT2D eigenvalue weighted by atomic mass is 9.90. The molecule has 0 aliphatic carbocycles. The highest BCUT2D eigenvalue weighted by Crippen LogP contribution is 2.29. The van der Waals surface area contributed by atoms with Crippen LogP contribution in [0, 0.1) is 6.92 Å². The fourth-order valence-corrected chi connectivity index (χ4v) is 3.61. The number of aromatic nitrogens is 2.